The van der Waals surface area contributed by atoms with Crippen LogP contribution >= 0.6 is 0 Å². The van der Waals surface area contributed by atoms with Gasteiger partial charge in [0.05, 0.1) is 5.56 Å². The van der Waals surface area contributed by atoms with Gasteiger partial charge in [-0.2, -0.15) is 0 Å². The highest BCUT2D eigenvalue weighted by Gasteiger charge is 2.08. The first kappa shape index (κ1) is 20.4. The molecule has 0 saturated heterocycles. The molecule has 0 spiro atoms. The van der Waals surface area contributed by atoms with Gasteiger partial charge in [0.15, 0.2) is 0 Å². The average molecular weight is 383 g/mol. The van der Waals surface area contributed by atoms with Crippen molar-refractivity contribution in [1.82, 2.24) is 0 Å². The maximum absolute atomic E-state index is 12.4. The predicted molar refractivity (Wildman–Crippen MR) is 119 cm³/mol. The lowest BCUT2D eigenvalue weighted by atomic mass is 10.1. The molecule has 2 nitrogen and oxygen atoms in total. The summed E-state index contributed by atoms with van der Waals surface area (Å²) in [5.74, 6) is 6.53. The van der Waals surface area contributed by atoms with Crippen molar-refractivity contribution in [3.63, 3.8) is 0 Å². The van der Waals surface area contributed by atoms with E-state index in [1.165, 1.54) is 19.3 Å². The van der Waals surface area contributed by atoms with E-state index in [0.717, 1.165) is 29.5 Å². The van der Waals surface area contributed by atoms with Gasteiger partial charge >= 0.3 is 5.97 Å². The summed E-state index contributed by atoms with van der Waals surface area (Å²) in [5.41, 5.74) is 3.66. The van der Waals surface area contributed by atoms with E-state index in [4.69, 9.17) is 4.74 Å². The Balaban J connectivity index is 1.55. The quantitative estimate of drug-likeness (QED) is 0.192. The highest BCUT2D eigenvalue weighted by Crippen LogP contribution is 2.22. The van der Waals surface area contributed by atoms with E-state index in [2.05, 4.69) is 30.9 Å². The molecular weight excluding hydrogens is 356 g/mol. The Morgan fingerprint density at radius 1 is 0.793 bits per heavy atom. The summed E-state index contributed by atoms with van der Waals surface area (Å²) in [4.78, 5) is 12.4. The van der Waals surface area contributed by atoms with Crippen LogP contribution in [0.4, 0.5) is 0 Å². The van der Waals surface area contributed by atoms with Crippen molar-refractivity contribution in [3.05, 3.63) is 90.0 Å². The molecule has 3 aromatic carbocycles. The molecule has 3 rings (SSSR count). The van der Waals surface area contributed by atoms with Crippen LogP contribution in [0.15, 0.2) is 78.9 Å². The van der Waals surface area contributed by atoms with Crippen LogP contribution in [0.25, 0.3) is 11.1 Å². The highest BCUT2D eigenvalue weighted by molar-refractivity contribution is 5.91. The first-order valence-corrected chi connectivity index (χ1v) is 10.2. The Morgan fingerprint density at radius 2 is 1.48 bits per heavy atom. The molecule has 29 heavy (non-hydrogen) atoms. The Hall–Kier alpha value is -3.31. The van der Waals surface area contributed by atoms with Gasteiger partial charge in [0, 0.05) is 12.0 Å². The molecule has 0 amide bonds. The van der Waals surface area contributed by atoms with Gasteiger partial charge in [0.1, 0.15) is 5.75 Å². The molecule has 0 heterocycles. The highest BCUT2D eigenvalue weighted by atomic mass is 16.5. The number of hydrogen-bond donors (Lipinski definition) is 0. The average Bonchev–Trinajstić information content (AvgIpc) is 2.78. The molecule has 0 unspecified atom stereocenters. The lowest BCUT2D eigenvalue weighted by Crippen LogP contribution is -2.08. The molecule has 146 valence electrons. The zero-order chi connectivity index (χ0) is 20.3. The van der Waals surface area contributed by atoms with E-state index in [1.54, 1.807) is 12.1 Å². The Bertz CT molecular complexity index is 959. The van der Waals surface area contributed by atoms with Gasteiger partial charge in [-0.25, -0.2) is 4.79 Å². The van der Waals surface area contributed by atoms with Crippen molar-refractivity contribution >= 4 is 5.97 Å². The summed E-state index contributed by atoms with van der Waals surface area (Å²) in [7, 11) is 0. The molecule has 0 saturated carbocycles. The van der Waals surface area contributed by atoms with Crippen molar-refractivity contribution in [1.29, 1.82) is 0 Å². The second-order valence-corrected chi connectivity index (χ2v) is 6.97. The van der Waals surface area contributed by atoms with Crippen LogP contribution in [0.3, 0.4) is 0 Å². The third-order valence-electron chi connectivity index (χ3n) is 4.68. The van der Waals surface area contributed by atoms with E-state index in [-0.39, 0.29) is 5.97 Å². The maximum Gasteiger partial charge on any atom is 0.343 e. The van der Waals surface area contributed by atoms with E-state index in [0.29, 0.717) is 11.3 Å². The maximum atomic E-state index is 12.4. The lowest BCUT2D eigenvalue weighted by Gasteiger charge is -2.06. The van der Waals surface area contributed by atoms with Crippen LogP contribution < -0.4 is 4.74 Å². The second-order valence-electron chi connectivity index (χ2n) is 6.97. The summed E-state index contributed by atoms with van der Waals surface area (Å²) in [6.45, 7) is 2.21. The minimum atomic E-state index is -0.364. The van der Waals surface area contributed by atoms with E-state index in [1.807, 2.05) is 54.6 Å². The van der Waals surface area contributed by atoms with Crippen LogP contribution in [0.5, 0.6) is 5.75 Å². The van der Waals surface area contributed by atoms with Crippen molar-refractivity contribution in [2.24, 2.45) is 0 Å². The van der Waals surface area contributed by atoms with Crippen LogP contribution in [0.2, 0.25) is 0 Å². The van der Waals surface area contributed by atoms with E-state index >= 15 is 0 Å². The molecule has 0 aliphatic carbocycles. The van der Waals surface area contributed by atoms with Gasteiger partial charge in [-0.1, -0.05) is 80.5 Å². The van der Waals surface area contributed by atoms with Gasteiger partial charge in [-0.3, -0.25) is 0 Å². The third kappa shape index (κ3) is 6.36. The Kier molecular flexibility index (Phi) is 7.66. The van der Waals surface area contributed by atoms with Crippen LogP contribution in [0.1, 0.15) is 54.9 Å². The van der Waals surface area contributed by atoms with Gasteiger partial charge in [0.2, 0.25) is 0 Å². The van der Waals surface area contributed by atoms with Crippen molar-refractivity contribution < 1.29 is 9.53 Å². The summed E-state index contributed by atoms with van der Waals surface area (Å²) in [6.07, 6.45) is 5.81. The minimum absolute atomic E-state index is 0.364. The predicted octanol–water partition coefficient (Wildman–Crippen LogP) is 6.89. The molecular formula is C27H26O2. The zero-order valence-corrected chi connectivity index (χ0v) is 16.9. The molecule has 0 bridgehead atoms. The molecule has 2 heteroatoms. The standard InChI is InChI=1S/C27H26O2/c1-2-3-4-5-6-8-11-22-14-16-25(17-15-22)27(28)29-26-20-18-24(19-21-26)23-12-9-7-10-13-23/h7,9-10,12-21H,2-6H2,1H3. The van der Waals surface area contributed by atoms with E-state index in [9.17, 15) is 4.79 Å². The zero-order valence-electron chi connectivity index (χ0n) is 16.9. The fraction of sp³-hybridized carbons (Fsp3) is 0.222. The second kappa shape index (κ2) is 10.9. The monoisotopic (exact) mass is 382 g/mol. The summed E-state index contributed by atoms with van der Waals surface area (Å²) < 4.78 is 5.49. The van der Waals surface area contributed by atoms with E-state index < -0.39 is 0 Å². The topological polar surface area (TPSA) is 26.3 Å². The van der Waals surface area contributed by atoms with Gasteiger partial charge in [0.25, 0.3) is 0 Å². The fourth-order valence-electron chi connectivity index (χ4n) is 3.01. The van der Waals surface area contributed by atoms with Crippen LogP contribution in [-0.2, 0) is 0 Å². The number of rotatable bonds is 7. The number of unbranched alkanes of at least 4 members (excludes halogenated alkanes) is 4. The smallest absolute Gasteiger partial charge is 0.343 e. The molecule has 0 N–H and O–H groups in total. The molecule has 0 aliphatic heterocycles. The van der Waals surface area contributed by atoms with Crippen LogP contribution in [-0.4, -0.2) is 5.97 Å². The van der Waals surface area contributed by atoms with Crippen molar-refractivity contribution in [2.45, 2.75) is 39.0 Å². The first-order valence-electron chi connectivity index (χ1n) is 10.2. The molecule has 0 aromatic heterocycles. The summed E-state index contributed by atoms with van der Waals surface area (Å²) in [6, 6.07) is 24.9. The third-order valence-corrected chi connectivity index (χ3v) is 4.68. The number of esters is 1. The van der Waals surface area contributed by atoms with Crippen LogP contribution in [0, 0.1) is 11.8 Å². The number of ether oxygens (including phenoxy) is 1. The number of carbonyl (C=O) groups excluding carboxylic acids is 1. The summed E-state index contributed by atoms with van der Waals surface area (Å²) in [5, 5.41) is 0. The first-order chi connectivity index (χ1) is 14.3. The number of carbonyl (C=O) groups is 1. The Morgan fingerprint density at radius 3 is 2.17 bits per heavy atom. The normalized spacial score (nSPS) is 10.1. The molecule has 3 aromatic rings. The fourth-order valence-corrected chi connectivity index (χ4v) is 3.01. The number of hydrogen-bond acceptors (Lipinski definition) is 2. The molecule has 0 radical (unpaired) electrons. The van der Waals surface area contributed by atoms with Crippen molar-refractivity contribution in [2.75, 3.05) is 0 Å². The van der Waals surface area contributed by atoms with Gasteiger partial charge in [-0.15, -0.1) is 0 Å². The van der Waals surface area contributed by atoms with Gasteiger partial charge in [-0.05, 0) is 53.9 Å². The SMILES string of the molecule is CCCCCCC#Cc1ccc(C(=O)Oc2ccc(-c3ccccc3)cc2)cc1. The largest absolute Gasteiger partial charge is 0.423 e. The number of benzene rings is 3. The van der Waals surface area contributed by atoms with Gasteiger partial charge < -0.3 is 4.74 Å². The van der Waals surface area contributed by atoms with Crippen molar-refractivity contribution in [3.8, 4) is 28.7 Å². The summed E-state index contributed by atoms with van der Waals surface area (Å²) >= 11 is 0. The molecule has 0 fully saturated rings. The molecule has 0 atom stereocenters. The molecule has 0 aliphatic rings. The minimum Gasteiger partial charge on any atom is -0.423 e. The lowest BCUT2D eigenvalue weighted by molar-refractivity contribution is 0.0735. The Labute approximate surface area is 173 Å².